The van der Waals surface area contributed by atoms with Crippen LogP contribution in [0.1, 0.15) is 24.4 Å². The van der Waals surface area contributed by atoms with Crippen molar-refractivity contribution in [1.82, 2.24) is 9.80 Å². The van der Waals surface area contributed by atoms with Gasteiger partial charge in [0.05, 0.1) is 0 Å². The molecule has 0 aliphatic carbocycles. The number of urea groups is 1. The fraction of sp³-hybridized carbons (Fsp3) is 0.318. The highest BCUT2D eigenvalue weighted by atomic mass is 16.5. The van der Waals surface area contributed by atoms with Gasteiger partial charge in [-0.2, -0.15) is 0 Å². The van der Waals surface area contributed by atoms with Gasteiger partial charge in [0.1, 0.15) is 12.8 Å². The van der Waals surface area contributed by atoms with Crippen LogP contribution in [0.15, 0.2) is 60.7 Å². The number of carbonyl (C=O) groups excluding carboxylic acids is 3. The van der Waals surface area contributed by atoms with Gasteiger partial charge in [0.15, 0.2) is 0 Å². The van der Waals surface area contributed by atoms with Crippen LogP contribution in [0.2, 0.25) is 0 Å². The lowest BCUT2D eigenvalue weighted by molar-refractivity contribution is -0.132. The number of hydrogen-bond donors (Lipinski definition) is 0. The van der Waals surface area contributed by atoms with E-state index in [-0.39, 0.29) is 25.2 Å². The summed E-state index contributed by atoms with van der Waals surface area (Å²) in [6.07, 6.45) is 0.884. The Hall–Kier alpha value is -3.19. The van der Waals surface area contributed by atoms with Crippen molar-refractivity contribution in [3.05, 3.63) is 66.2 Å². The van der Waals surface area contributed by atoms with Crippen LogP contribution in [0.3, 0.4) is 0 Å². The maximum atomic E-state index is 13.1. The van der Waals surface area contributed by atoms with Crippen molar-refractivity contribution in [3.63, 3.8) is 0 Å². The van der Waals surface area contributed by atoms with E-state index < -0.39 is 12.1 Å². The number of carbonyl (C=O) groups is 3. The van der Waals surface area contributed by atoms with E-state index in [2.05, 4.69) is 0 Å². The summed E-state index contributed by atoms with van der Waals surface area (Å²) < 4.78 is 5.54. The molecule has 4 amide bonds. The number of hydrogen-bond acceptors (Lipinski definition) is 4. The Morgan fingerprint density at radius 2 is 1.62 bits per heavy atom. The molecule has 1 heterocycles. The van der Waals surface area contributed by atoms with Crippen molar-refractivity contribution in [2.75, 3.05) is 32.3 Å². The molecule has 3 rings (SSSR count). The fourth-order valence-corrected chi connectivity index (χ4v) is 3.19. The standard InChI is InChI=1S/C22H25N3O4/c1-23(2)19(26)14-9-15-29-16-24-21(27)20(17-10-5-3-6-11-17)25(22(24)28)18-12-7-4-8-13-18/h3-8,10-13,20H,9,14-16H2,1-2H3. The molecule has 1 atom stereocenters. The molecule has 29 heavy (non-hydrogen) atoms. The zero-order chi connectivity index (χ0) is 20.8. The molecule has 2 aromatic rings. The van der Waals surface area contributed by atoms with Crippen LogP contribution in [0, 0.1) is 0 Å². The van der Waals surface area contributed by atoms with Gasteiger partial charge in [-0.3, -0.25) is 14.5 Å². The number of imide groups is 1. The molecule has 0 radical (unpaired) electrons. The third-order valence-electron chi connectivity index (χ3n) is 4.74. The van der Waals surface area contributed by atoms with E-state index in [1.165, 1.54) is 9.80 Å². The van der Waals surface area contributed by atoms with E-state index >= 15 is 0 Å². The van der Waals surface area contributed by atoms with Gasteiger partial charge in [0.25, 0.3) is 5.91 Å². The van der Waals surface area contributed by atoms with Crippen molar-refractivity contribution in [3.8, 4) is 0 Å². The largest absolute Gasteiger partial charge is 0.360 e. The quantitative estimate of drug-likeness (QED) is 0.509. The van der Waals surface area contributed by atoms with Crippen molar-refractivity contribution in [1.29, 1.82) is 0 Å². The molecular formula is C22H25N3O4. The highest BCUT2D eigenvalue weighted by Gasteiger charge is 2.46. The van der Waals surface area contributed by atoms with Crippen LogP contribution in [0.25, 0.3) is 0 Å². The lowest BCUT2D eigenvalue weighted by Crippen LogP contribution is -2.35. The third kappa shape index (κ3) is 4.63. The fourth-order valence-electron chi connectivity index (χ4n) is 3.19. The number of nitrogens with zero attached hydrogens (tertiary/aromatic N) is 3. The summed E-state index contributed by atoms with van der Waals surface area (Å²) in [5.41, 5.74) is 1.40. The summed E-state index contributed by atoms with van der Waals surface area (Å²) in [7, 11) is 3.40. The molecule has 0 saturated carbocycles. The van der Waals surface area contributed by atoms with Crippen LogP contribution in [0.5, 0.6) is 0 Å². The van der Waals surface area contributed by atoms with Crippen LogP contribution in [-0.2, 0) is 14.3 Å². The Morgan fingerprint density at radius 3 is 2.24 bits per heavy atom. The Labute approximate surface area is 170 Å². The summed E-state index contributed by atoms with van der Waals surface area (Å²) in [6, 6.07) is 17.2. The minimum absolute atomic E-state index is 0.0151. The molecule has 1 saturated heterocycles. The van der Waals surface area contributed by atoms with Gasteiger partial charge >= 0.3 is 6.03 Å². The molecule has 2 aromatic carbocycles. The van der Waals surface area contributed by atoms with Gasteiger partial charge in [-0.25, -0.2) is 9.69 Å². The van der Waals surface area contributed by atoms with E-state index in [4.69, 9.17) is 4.74 Å². The van der Waals surface area contributed by atoms with E-state index in [1.807, 2.05) is 48.5 Å². The Kier molecular flexibility index (Phi) is 6.61. The highest BCUT2D eigenvalue weighted by Crippen LogP contribution is 2.35. The van der Waals surface area contributed by atoms with E-state index in [1.54, 1.807) is 26.2 Å². The molecule has 0 aromatic heterocycles. The van der Waals surface area contributed by atoms with Crippen molar-refractivity contribution >= 4 is 23.5 Å². The van der Waals surface area contributed by atoms with Gasteiger partial charge in [-0.1, -0.05) is 48.5 Å². The van der Waals surface area contributed by atoms with E-state index in [9.17, 15) is 14.4 Å². The van der Waals surface area contributed by atoms with Crippen molar-refractivity contribution in [2.45, 2.75) is 18.9 Å². The molecular weight excluding hydrogens is 370 g/mol. The lowest BCUT2D eigenvalue weighted by Gasteiger charge is -2.22. The normalized spacial score (nSPS) is 16.4. The molecule has 0 spiro atoms. The minimum atomic E-state index is -0.731. The van der Waals surface area contributed by atoms with Gasteiger partial charge in [0.2, 0.25) is 5.91 Å². The Morgan fingerprint density at radius 1 is 1.00 bits per heavy atom. The molecule has 1 unspecified atom stereocenters. The minimum Gasteiger partial charge on any atom is -0.360 e. The SMILES string of the molecule is CN(C)C(=O)CCCOCN1C(=O)C(c2ccccc2)N(c2ccccc2)C1=O. The molecule has 7 nitrogen and oxygen atoms in total. The highest BCUT2D eigenvalue weighted by molar-refractivity contribution is 6.14. The Balaban J connectivity index is 1.71. The zero-order valence-electron chi connectivity index (χ0n) is 16.7. The second kappa shape index (κ2) is 9.34. The first kappa shape index (κ1) is 20.5. The molecule has 0 N–H and O–H groups in total. The topological polar surface area (TPSA) is 70.2 Å². The number of amides is 4. The molecule has 152 valence electrons. The predicted molar refractivity (Wildman–Crippen MR) is 109 cm³/mol. The summed E-state index contributed by atoms with van der Waals surface area (Å²) in [5, 5.41) is 0. The van der Waals surface area contributed by atoms with Gasteiger partial charge in [-0.15, -0.1) is 0 Å². The monoisotopic (exact) mass is 395 g/mol. The molecule has 1 aliphatic rings. The maximum Gasteiger partial charge on any atom is 0.334 e. The second-order valence-corrected chi connectivity index (χ2v) is 7.00. The lowest BCUT2D eigenvalue weighted by atomic mass is 10.1. The average Bonchev–Trinajstić information content (AvgIpc) is 2.99. The van der Waals surface area contributed by atoms with Gasteiger partial charge < -0.3 is 9.64 Å². The number of rotatable bonds is 8. The zero-order valence-corrected chi connectivity index (χ0v) is 16.7. The van der Waals surface area contributed by atoms with Crippen LogP contribution < -0.4 is 4.90 Å². The maximum absolute atomic E-state index is 13.1. The molecule has 1 aliphatic heterocycles. The summed E-state index contributed by atoms with van der Waals surface area (Å²) in [6.45, 7) is 0.151. The number of para-hydroxylation sites is 1. The van der Waals surface area contributed by atoms with Crippen LogP contribution in [0.4, 0.5) is 10.5 Å². The smallest absolute Gasteiger partial charge is 0.334 e. The summed E-state index contributed by atoms with van der Waals surface area (Å²) >= 11 is 0. The summed E-state index contributed by atoms with van der Waals surface area (Å²) in [4.78, 5) is 41.9. The van der Waals surface area contributed by atoms with Crippen LogP contribution >= 0.6 is 0 Å². The number of anilines is 1. The first-order valence-electron chi connectivity index (χ1n) is 9.53. The van der Waals surface area contributed by atoms with Gasteiger partial charge in [0, 0.05) is 32.8 Å². The molecule has 7 heteroatoms. The van der Waals surface area contributed by atoms with E-state index in [0.29, 0.717) is 18.5 Å². The van der Waals surface area contributed by atoms with E-state index in [0.717, 1.165) is 10.5 Å². The Bertz CT molecular complexity index is 797. The second-order valence-electron chi connectivity index (χ2n) is 7.00. The first-order chi connectivity index (χ1) is 14.0. The average molecular weight is 395 g/mol. The molecule has 1 fully saturated rings. The predicted octanol–water partition coefficient (Wildman–Crippen LogP) is 3.04. The number of ether oxygens (including phenoxy) is 1. The third-order valence-corrected chi connectivity index (χ3v) is 4.74. The first-order valence-corrected chi connectivity index (χ1v) is 9.53. The van der Waals surface area contributed by atoms with Crippen LogP contribution in [-0.4, -0.2) is 55.1 Å². The van der Waals surface area contributed by atoms with Gasteiger partial charge in [-0.05, 0) is 24.1 Å². The molecule has 0 bridgehead atoms. The van der Waals surface area contributed by atoms with Crippen molar-refractivity contribution < 1.29 is 19.1 Å². The summed E-state index contributed by atoms with van der Waals surface area (Å²) in [5.74, 6) is -0.309. The number of benzene rings is 2. The van der Waals surface area contributed by atoms with Crippen molar-refractivity contribution in [2.24, 2.45) is 0 Å².